The summed E-state index contributed by atoms with van der Waals surface area (Å²) in [6, 6.07) is 8.02. The van der Waals surface area contributed by atoms with Gasteiger partial charge in [0.2, 0.25) is 5.88 Å². The maximum Gasteiger partial charge on any atom is 0.433 e. The van der Waals surface area contributed by atoms with Gasteiger partial charge in [-0.25, -0.2) is 4.98 Å². The van der Waals surface area contributed by atoms with E-state index in [4.69, 9.17) is 15.7 Å². The molecule has 4 nitrogen and oxygen atoms in total. The van der Waals surface area contributed by atoms with E-state index < -0.39 is 17.8 Å². The molecule has 0 saturated heterocycles. The number of pyridine rings is 1. The predicted molar refractivity (Wildman–Crippen MR) is 72.6 cm³/mol. The first-order valence-corrected chi connectivity index (χ1v) is 6.32. The second kappa shape index (κ2) is 5.61. The molecule has 0 amide bonds. The molecule has 0 bridgehead atoms. The van der Waals surface area contributed by atoms with Crippen LogP contribution in [0.3, 0.4) is 0 Å². The van der Waals surface area contributed by atoms with Crippen LogP contribution >= 0.6 is 15.9 Å². The van der Waals surface area contributed by atoms with Crippen LogP contribution in [0.1, 0.15) is 11.3 Å². The van der Waals surface area contributed by atoms with Crippen molar-refractivity contribution < 1.29 is 17.9 Å². The summed E-state index contributed by atoms with van der Waals surface area (Å²) in [7, 11) is 0. The van der Waals surface area contributed by atoms with Crippen molar-refractivity contribution in [3.05, 3.63) is 46.1 Å². The zero-order chi connectivity index (χ0) is 15.6. The van der Waals surface area contributed by atoms with Gasteiger partial charge in [-0.1, -0.05) is 0 Å². The van der Waals surface area contributed by atoms with Crippen LogP contribution in [0.15, 0.2) is 34.8 Å². The number of alkyl halides is 3. The Morgan fingerprint density at radius 2 is 1.95 bits per heavy atom. The van der Waals surface area contributed by atoms with E-state index in [9.17, 15) is 13.2 Å². The molecule has 2 aromatic rings. The SMILES string of the molecule is N#Cc1ccc(C(F)(F)F)nc1Oc1cc(N)ccc1Br. The normalized spacial score (nSPS) is 11.0. The molecule has 1 heterocycles. The summed E-state index contributed by atoms with van der Waals surface area (Å²) in [5.41, 5.74) is 4.69. The Hall–Kier alpha value is -2.27. The first-order valence-electron chi connectivity index (χ1n) is 5.52. The number of hydrogen-bond donors (Lipinski definition) is 1. The fourth-order valence-corrected chi connectivity index (χ4v) is 1.79. The predicted octanol–water partition coefficient (Wildman–Crippen LogP) is 4.11. The topological polar surface area (TPSA) is 71.9 Å². The molecule has 0 aliphatic carbocycles. The van der Waals surface area contributed by atoms with E-state index in [0.717, 1.165) is 12.1 Å². The van der Waals surface area contributed by atoms with Gasteiger partial charge < -0.3 is 10.5 Å². The average molecular weight is 358 g/mol. The second-order valence-electron chi connectivity index (χ2n) is 3.95. The molecule has 0 aliphatic heterocycles. The number of halogens is 4. The lowest BCUT2D eigenvalue weighted by Crippen LogP contribution is -2.09. The minimum Gasteiger partial charge on any atom is -0.436 e. The number of nitriles is 1. The fourth-order valence-electron chi connectivity index (χ4n) is 1.46. The summed E-state index contributed by atoms with van der Waals surface area (Å²) in [6.07, 6.45) is -4.63. The largest absolute Gasteiger partial charge is 0.436 e. The maximum absolute atomic E-state index is 12.7. The van der Waals surface area contributed by atoms with Crippen molar-refractivity contribution in [2.45, 2.75) is 6.18 Å². The number of benzene rings is 1. The van der Waals surface area contributed by atoms with Crippen LogP contribution in [-0.2, 0) is 6.18 Å². The lowest BCUT2D eigenvalue weighted by molar-refractivity contribution is -0.141. The lowest BCUT2D eigenvalue weighted by atomic mass is 10.2. The highest BCUT2D eigenvalue weighted by Gasteiger charge is 2.33. The summed E-state index contributed by atoms with van der Waals surface area (Å²) >= 11 is 3.18. The van der Waals surface area contributed by atoms with Gasteiger partial charge in [0.25, 0.3) is 0 Å². The standard InChI is InChI=1S/C13H7BrF3N3O/c14-9-3-2-8(19)5-10(9)21-12-7(6-18)1-4-11(20-12)13(15,16)17/h1-5H,19H2. The fraction of sp³-hybridized carbons (Fsp3) is 0.0769. The van der Waals surface area contributed by atoms with Crippen LogP contribution < -0.4 is 10.5 Å². The highest BCUT2D eigenvalue weighted by atomic mass is 79.9. The molecule has 0 aliphatic rings. The van der Waals surface area contributed by atoms with Crippen molar-refractivity contribution in [1.82, 2.24) is 4.98 Å². The molecule has 0 saturated carbocycles. The molecular formula is C13H7BrF3N3O. The Balaban J connectivity index is 2.47. The minimum absolute atomic E-state index is 0.114. The van der Waals surface area contributed by atoms with Crippen LogP contribution in [-0.4, -0.2) is 4.98 Å². The molecule has 108 valence electrons. The molecule has 21 heavy (non-hydrogen) atoms. The first-order chi connectivity index (χ1) is 9.81. The van der Waals surface area contributed by atoms with Gasteiger partial charge in [-0.2, -0.15) is 18.4 Å². The van der Waals surface area contributed by atoms with E-state index in [1.165, 1.54) is 6.07 Å². The van der Waals surface area contributed by atoms with Gasteiger partial charge in [0, 0.05) is 11.8 Å². The molecule has 0 fully saturated rings. The minimum atomic E-state index is -4.63. The summed E-state index contributed by atoms with van der Waals surface area (Å²) in [4.78, 5) is 3.35. The van der Waals surface area contributed by atoms with Crippen LogP contribution in [0.4, 0.5) is 18.9 Å². The number of nitrogen functional groups attached to an aromatic ring is 1. The molecule has 0 atom stereocenters. The Kier molecular flexibility index (Phi) is 4.04. The number of nitrogens with zero attached hydrogens (tertiary/aromatic N) is 2. The molecule has 0 unspecified atom stereocenters. The van der Waals surface area contributed by atoms with Gasteiger partial charge in [-0.05, 0) is 40.2 Å². The van der Waals surface area contributed by atoms with Gasteiger partial charge in [-0.15, -0.1) is 0 Å². The Morgan fingerprint density at radius 3 is 2.57 bits per heavy atom. The van der Waals surface area contributed by atoms with E-state index in [1.807, 2.05) is 0 Å². The smallest absolute Gasteiger partial charge is 0.433 e. The van der Waals surface area contributed by atoms with Crippen molar-refractivity contribution in [1.29, 1.82) is 5.26 Å². The number of aromatic nitrogens is 1. The number of hydrogen-bond acceptors (Lipinski definition) is 4. The summed E-state index contributed by atoms with van der Waals surface area (Å²) in [5.74, 6) is -0.267. The third kappa shape index (κ3) is 3.44. The third-order valence-electron chi connectivity index (χ3n) is 2.43. The van der Waals surface area contributed by atoms with Gasteiger partial charge in [-0.3, -0.25) is 0 Å². The van der Waals surface area contributed by atoms with Crippen molar-refractivity contribution in [3.8, 4) is 17.7 Å². The molecule has 1 aromatic carbocycles. The van der Waals surface area contributed by atoms with Crippen molar-refractivity contribution in [2.75, 3.05) is 5.73 Å². The van der Waals surface area contributed by atoms with Gasteiger partial charge in [0.05, 0.1) is 4.47 Å². The van der Waals surface area contributed by atoms with Crippen LogP contribution in [0, 0.1) is 11.3 Å². The molecule has 8 heteroatoms. The van der Waals surface area contributed by atoms with Gasteiger partial charge >= 0.3 is 6.18 Å². The molecule has 2 rings (SSSR count). The zero-order valence-electron chi connectivity index (χ0n) is 10.3. The number of nitrogens with two attached hydrogens (primary N) is 1. The lowest BCUT2D eigenvalue weighted by Gasteiger charge is -2.11. The van der Waals surface area contributed by atoms with Gasteiger partial charge in [0.15, 0.2) is 0 Å². The molecule has 0 radical (unpaired) electrons. The number of rotatable bonds is 2. The van der Waals surface area contributed by atoms with Crippen LogP contribution in [0.25, 0.3) is 0 Å². The van der Waals surface area contributed by atoms with E-state index in [2.05, 4.69) is 20.9 Å². The summed E-state index contributed by atoms with van der Waals surface area (Å²) < 4.78 is 43.7. The quantitative estimate of drug-likeness (QED) is 0.821. The molecule has 2 N–H and O–H groups in total. The zero-order valence-corrected chi connectivity index (χ0v) is 11.9. The monoisotopic (exact) mass is 357 g/mol. The van der Waals surface area contributed by atoms with Crippen LogP contribution in [0.5, 0.6) is 11.6 Å². The Labute approximate surface area is 126 Å². The van der Waals surface area contributed by atoms with Crippen molar-refractivity contribution in [2.24, 2.45) is 0 Å². The average Bonchev–Trinajstić information content (AvgIpc) is 2.42. The first kappa shape index (κ1) is 15.1. The van der Waals surface area contributed by atoms with Crippen molar-refractivity contribution >= 4 is 21.6 Å². The van der Waals surface area contributed by atoms with Crippen molar-refractivity contribution in [3.63, 3.8) is 0 Å². The Bertz CT molecular complexity index is 726. The van der Waals surface area contributed by atoms with E-state index in [0.29, 0.717) is 10.2 Å². The maximum atomic E-state index is 12.7. The number of anilines is 1. The molecule has 0 spiro atoms. The summed E-state index contributed by atoms with van der Waals surface area (Å²) in [6.45, 7) is 0. The van der Waals surface area contributed by atoms with Gasteiger partial charge in [0.1, 0.15) is 23.1 Å². The number of ether oxygens (including phenoxy) is 1. The second-order valence-corrected chi connectivity index (χ2v) is 4.81. The van der Waals surface area contributed by atoms with E-state index >= 15 is 0 Å². The highest BCUT2D eigenvalue weighted by molar-refractivity contribution is 9.10. The summed E-state index contributed by atoms with van der Waals surface area (Å²) in [5, 5.41) is 8.93. The van der Waals surface area contributed by atoms with Crippen LogP contribution in [0.2, 0.25) is 0 Å². The molecular weight excluding hydrogens is 351 g/mol. The highest BCUT2D eigenvalue weighted by Crippen LogP contribution is 2.34. The van der Waals surface area contributed by atoms with E-state index in [-0.39, 0.29) is 11.3 Å². The third-order valence-corrected chi connectivity index (χ3v) is 3.09. The van der Waals surface area contributed by atoms with E-state index in [1.54, 1.807) is 18.2 Å². The molecule has 1 aromatic heterocycles. The Morgan fingerprint density at radius 1 is 1.24 bits per heavy atom.